The van der Waals surface area contributed by atoms with E-state index in [9.17, 15) is 4.21 Å². The van der Waals surface area contributed by atoms with Crippen LogP contribution in [0.1, 0.15) is 6.42 Å². The Hall–Kier alpha value is -0.200. The number of anilines is 1. The van der Waals surface area contributed by atoms with Gasteiger partial charge in [-0.25, -0.2) is 0 Å². The fourth-order valence-corrected chi connectivity index (χ4v) is 2.00. The Morgan fingerprint density at radius 3 is 2.92 bits per heavy atom. The molecule has 0 bridgehead atoms. The van der Waals surface area contributed by atoms with Gasteiger partial charge in [0, 0.05) is 29.4 Å². The van der Waals surface area contributed by atoms with Crippen molar-refractivity contribution in [3.63, 3.8) is 0 Å². The van der Waals surface area contributed by atoms with Crippen LogP contribution in [0.2, 0.25) is 5.15 Å². The third-order valence-electron chi connectivity index (χ3n) is 1.35. The van der Waals surface area contributed by atoms with Crippen molar-refractivity contribution in [3.05, 3.63) is 5.15 Å². The number of halogens is 1. The van der Waals surface area contributed by atoms with Crippen LogP contribution in [0.25, 0.3) is 0 Å². The third kappa shape index (κ3) is 4.02. The van der Waals surface area contributed by atoms with E-state index >= 15 is 0 Å². The molecule has 1 rings (SSSR count). The molecule has 0 fully saturated rings. The molecule has 1 heterocycles. The molecule has 0 amide bonds. The monoisotopic (exact) mass is 239 g/mol. The number of nitrogens with zero attached hydrogens (tertiary/aromatic N) is 2. The van der Waals surface area contributed by atoms with Crippen LogP contribution >= 0.6 is 23.3 Å². The molecule has 74 valence electrons. The van der Waals surface area contributed by atoms with Crippen molar-refractivity contribution in [2.75, 3.05) is 23.9 Å². The van der Waals surface area contributed by atoms with Gasteiger partial charge >= 0.3 is 0 Å². The second-order valence-corrected chi connectivity index (χ2v) is 4.90. The zero-order valence-corrected chi connectivity index (χ0v) is 9.51. The molecule has 4 nitrogen and oxygen atoms in total. The van der Waals surface area contributed by atoms with Crippen molar-refractivity contribution in [2.24, 2.45) is 0 Å². The Bertz CT molecular complexity index is 291. The number of hydrogen-bond acceptors (Lipinski definition) is 5. The Balaban J connectivity index is 2.20. The fourth-order valence-electron chi connectivity index (χ4n) is 0.765. The van der Waals surface area contributed by atoms with Crippen molar-refractivity contribution in [1.82, 2.24) is 8.75 Å². The van der Waals surface area contributed by atoms with E-state index in [1.807, 2.05) is 0 Å². The molecule has 0 aliphatic heterocycles. The number of nitrogens with one attached hydrogen (secondary N) is 1. The van der Waals surface area contributed by atoms with Gasteiger partial charge in [-0.3, -0.25) is 4.21 Å². The van der Waals surface area contributed by atoms with Gasteiger partial charge in [0.05, 0.1) is 11.7 Å². The maximum Gasteiger partial charge on any atom is 0.186 e. The first-order chi connectivity index (χ1) is 6.20. The van der Waals surface area contributed by atoms with E-state index in [2.05, 4.69) is 14.1 Å². The lowest BCUT2D eigenvalue weighted by Gasteiger charge is -2.00. The predicted octanol–water partition coefficient (Wildman–Crippen LogP) is 1.37. The summed E-state index contributed by atoms with van der Waals surface area (Å²) in [5, 5.41) is 3.42. The smallest absolute Gasteiger partial charge is 0.186 e. The summed E-state index contributed by atoms with van der Waals surface area (Å²) in [5.41, 5.74) is 0. The first-order valence-corrected chi connectivity index (χ1v) is 6.55. The van der Waals surface area contributed by atoms with E-state index in [1.165, 1.54) is 0 Å². The Morgan fingerprint density at radius 1 is 1.62 bits per heavy atom. The van der Waals surface area contributed by atoms with Crippen LogP contribution in [-0.4, -0.2) is 31.5 Å². The van der Waals surface area contributed by atoms with Crippen LogP contribution in [-0.2, 0) is 10.8 Å². The van der Waals surface area contributed by atoms with E-state index in [1.54, 1.807) is 6.26 Å². The van der Waals surface area contributed by atoms with E-state index in [-0.39, 0.29) is 0 Å². The maximum atomic E-state index is 10.7. The summed E-state index contributed by atoms with van der Waals surface area (Å²) in [5.74, 6) is 1.32. The molecule has 0 saturated heterocycles. The van der Waals surface area contributed by atoms with Crippen LogP contribution < -0.4 is 5.32 Å². The molecule has 1 atom stereocenters. The zero-order chi connectivity index (χ0) is 9.68. The lowest BCUT2D eigenvalue weighted by Crippen LogP contribution is -2.06. The van der Waals surface area contributed by atoms with E-state index in [0.29, 0.717) is 16.7 Å². The molecule has 0 aliphatic rings. The van der Waals surface area contributed by atoms with E-state index in [0.717, 1.165) is 24.7 Å². The predicted molar refractivity (Wildman–Crippen MR) is 57.0 cm³/mol. The average molecular weight is 240 g/mol. The van der Waals surface area contributed by atoms with Gasteiger partial charge in [0.1, 0.15) is 0 Å². The minimum Gasteiger partial charge on any atom is -0.367 e. The first-order valence-electron chi connectivity index (χ1n) is 3.72. The largest absolute Gasteiger partial charge is 0.367 e. The second kappa shape index (κ2) is 5.51. The van der Waals surface area contributed by atoms with Gasteiger partial charge in [-0.05, 0) is 6.42 Å². The molecule has 0 aliphatic carbocycles. The lowest BCUT2D eigenvalue weighted by molar-refractivity contribution is 0.685. The molecule has 0 radical (unpaired) electrons. The summed E-state index contributed by atoms with van der Waals surface area (Å²) in [6, 6.07) is 0. The van der Waals surface area contributed by atoms with Gasteiger partial charge in [-0.2, -0.15) is 8.75 Å². The minimum absolute atomic E-state index is 0.405. The van der Waals surface area contributed by atoms with Crippen molar-refractivity contribution < 1.29 is 4.21 Å². The topological polar surface area (TPSA) is 54.9 Å². The molecule has 7 heteroatoms. The molecular formula is C6H10ClN3OS2. The molecule has 1 N–H and O–H groups in total. The Labute approximate surface area is 88.5 Å². The summed E-state index contributed by atoms with van der Waals surface area (Å²) in [6.45, 7) is 0.727. The van der Waals surface area contributed by atoms with Gasteiger partial charge in [-0.15, -0.1) is 0 Å². The van der Waals surface area contributed by atoms with Crippen molar-refractivity contribution >= 4 is 39.9 Å². The summed E-state index contributed by atoms with van der Waals surface area (Å²) in [7, 11) is -0.726. The zero-order valence-electron chi connectivity index (χ0n) is 7.12. The summed E-state index contributed by atoms with van der Waals surface area (Å²) in [6.07, 6.45) is 2.54. The van der Waals surface area contributed by atoms with Crippen LogP contribution in [0, 0.1) is 0 Å². The molecule has 1 aromatic rings. The highest BCUT2D eigenvalue weighted by molar-refractivity contribution is 7.84. The molecule has 0 saturated carbocycles. The molecule has 1 unspecified atom stereocenters. The highest BCUT2D eigenvalue weighted by Crippen LogP contribution is 2.17. The quantitative estimate of drug-likeness (QED) is 0.789. The maximum absolute atomic E-state index is 10.7. The molecule has 13 heavy (non-hydrogen) atoms. The van der Waals surface area contributed by atoms with E-state index in [4.69, 9.17) is 11.6 Å². The average Bonchev–Trinajstić information content (AvgIpc) is 2.45. The Morgan fingerprint density at radius 2 is 2.38 bits per heavy atom. The van der Waals surface area contributed by atoms with E-state index < -0.39 is 10.8 Å². The normalized spacial score (nSPS) is 12.8. The summed E-state index contributed by atoms with van der Waals surface area (Å²) in [4.78, 5) is 0. The highest BCUT2D eigenvalue weighted by atomic mass is 35.5. The van der Waals surface area contributed by atoms with Gasteiger partial charge in [0.15, 0.2) is 11.0 Å². The second-order valence-electron chi connectivity index (χ2n) is 2.46. The number of aromatic nitrogens is 2. The molecule has 0 spiro atoms. The number of hydrogen-bond donors (Lipinski definition) is 1. The Kier molecular flexibility index (Phi) is 4.61. The van der Waals surface area contributed by atoms with Gasteiger partial charge < -0.3 is 5.32 Å². The summed E-state index contributed by atoms with van der Waals surface area (Å²) < 4.78 is 18.5. The van der Waals surface area contributed by atoms with Crippen molar-refractivity contribution in [2.45, 2.75) is 6.42 Å². The minimum atomic E-state index is -0.726. The molecule has 0 aromatic carbocycles. The number of rotatable bonds is 5. The van der Waals surface area contributed by atoms with Crippen LogP contribution in [0.4, 0.5) is 5.82 Å². The molecular weight excluding hydrogens is 230 g/mol. The van der Waals surface area contributed by atoms with Crippen LogP contribution in [0.3, 0.4) is 0 Å². The summed E-state index contributed by atoms with van der Waals surface area (Å²) >= 11 is 6.77. The van der Waals surface area contributed by atoms with Gasteiger partial charge in [-0.1, -0.05) is 11.6 Å². The molecule has 1 aromatic heterocycles. The standard InChI is InChI=1S/C6H10ClN3OS2/c1-13(11)4-2-3-8-6-5(7)9-12-10-6/h2-4H2,1H3,(H,8,10). The highest BCUT2D eigenvalue weighted by Gasteiger charge is 2.02. The van der Waals surface area contributed by atoms with Gasteiger partial charge in [0.2, 0.25) is 0 Å². The van der Waals surface area contributed by atoms with Crippen molar-refractivity contribution in [1.29, 1.82) is 0 Å². The third-order valence-corrected chi connectivity index (χ3v) is 3.11. The van der Waals surface area contributed by atoms with Crippen molar-refractivity contribution in [3.8, 4) is 0 Å². The SMILES string of the molecule is CS(=O)CCCNc1nsnc1Cl. The van der Waals surface area contributed by atoms with Crippen LogP contribution in [0.15, 0.2) is 0 Å². The van der Waals surface area contributed by atoms with Crippen LogP contribution in [0.5, 0.6) is 0 Å². The lowest BCUT2D eigenvalue weighted by atomic mass is 10.5. The fraction of sp³-hybridized carbons (Fsp3) is 0.667. The first kappa shape index (κ1) is 10.9. The van der Waals surface area contributed by atoms with Gasteiger partial charge in [0.25, 0.3) is 0 Å².